The second-order valence-corrected chi connectivity index (χ2v) is 6.78. The van der Waals surface area contributed by atoms with Gasteiger partial charge >= 0.3 is 0 Å². The predicted molar refractivity (Wildman–Crippen MR) is 106 cm³/mol. The molecule has 0 saturated heterocycles. The number of amides is 1. The summed E-state index contributed by atoms with van der Waals surface area (Å²) in [5.41, 5.74) is 3.68. The van der Waals surface area contributed by atoms with E-state index in [0.717, 1.165) is 27.7 Å². The van der Waals surface area contributed by atoms with Crippen LogP contribution >= 0.6 is 11.8 Å². The zero-order valence-electron chi connectivity index (χ0n) is 14.0. The lowest BCUT2D eigenvalue weighted by Gasteiger charge is -2.06. The van der Waals surface area contributed by atoms with Crippen LogP contribution in [-0.2, 0) is 5.75 Å². The number of hydrogen-bond donors (Lipinski definition) is 1. The van der Waals surface area contributed by atoms with Crippen LogP contribution < -0.4 is 5.32 Å². The predicted octanol–water partition coefficient (Wildman–Crippen LogP) is 4.88. The Morgan fingerprint density at radius 3 is 2.54 bits per heavy atom. The van der Waals surface area contributed by atoms with Crippen LogP contribution in [0.1, 0.15) is 15.9 Å². The average molecular weight is 359 g/mol. The van der Waals surface area contributed by atoms with Crippen molar-refractivity contribution in [3.63, 3.8) is 0 Å². The second kappa shape index (κ2) is 7.45. The lowest BCUT2D eigenvalue weighted by Crippen LogP contribution is -2.11. The molecule has 0 saturated carbocycles. The fourth-order valence-corrected chi connectivity index (χ4v) is 3.57. The van der Waals surface area contributed by atoms with E-state index >= 15 is 0 Å². The smallest absolute Gasteiger partial charge is 0.255 e. The van der Waals surface area contributed by atoms with Gasteiger partial charge in [-0.25, -0.2) is 4.98 Å². The van der Waals surface area contributed by atoms with E-state index in [1.54, 1.807) is 11.8 Å². The van der Waals surface area contributed by atoms with Gasteiger partial charge in [0.1, 0.15) is 0 Å². The van der Waals surface area contributed by atoms with Crippen molar-refractivity contribution in [1.29, 1.82) is 0 Å². The van der Waals surface area contributed by atoms with Crippen LogP contribution in [0.2, 0.25) is 0 Å². The highest BCUT2D eigenvalue weighted by Crippen LogP contribution is 2.23. The molecule has 4 aromatic rings. The molecular formula is C21H17N3OS. The quantitative estimate of drug-likeness (QED) is 0.517. The van der Waals surface area contributed by atoms with Crippen LogP contribution in [0.3, 0.4) is 0 Å². The number of anilines is 1. The molecule has 0 aliphatic rings. The number of rotatable bonds is 5. The molecule has 0 fully saturated rings. The third-order valence-corrected chi connectivity index (χ3v) is 5.06. The Kier molecular flexibility index (Phi) is 4.71. The summed E-state index contributed by atoms with van der Waals surface area (Å²) in [6.07, 6.45) is 3.89. The van der Waals surface area contributed by atoms with E-state index in [9.17, 15) is 4.79 Å². The standard InChI is InChI=1S/C21H17N3OS/c25-20(23-18-6-2-1-3-7-18)17-11-9-16(10-12-17)15-26-21-22-14-19-8-4-5-13-24(19)21/h1-14H,15H2,(H,23,25). The maximum Gasteiger partial charge on any atom is 0.255 e. The lowest BCUT2D eigenvalue weighted by atomic mass is 10.1. The molecule has 2 aromatic heterocycles. The zero-order chi connectivity index (χ0) is 17.8. The average Bonchev–Trinajstić information content (AvgIpc) is 3.11. The van der Waals surface area contributed by atoms with Gasteiger partial charge < -0.3 is 5.32 Å². The highest BCUT2D eigenvalue weighted by Gasteiger charge is 2.07. The first-order valence-corrected chi connectivity index (χ1v) is 9.28. The molecule has 1 amide bonds. The number of fused-ring (bicyclic) bond motifs is 1. The Balaban J connectivity index is 1.40. The number of imidazole rings is 1. The van der Waals surface area contributed by atoms with Gasteiger partial charge in [-0.3, -0.25) is 9.20 Å². The highest BCUT2D eigenvalue weighted by molar-refractivity contribution is 7.98. The van der Waals surface area contributed by atoms with Crippen molar-refractivity contribution in [2.75, 3.05) is 5.32 Å². The third kappa shape index (κ3) is 3.63. The first-order valence-electron chi connectivity index (χ1n) is 8.30. The molecule has 2 heterocycles. The maximum atomic E-state index is 12.3. The summed E-state index contributed by atoms with van der Waals surface area (Å²) in [5.74, 6) is 0.698. The van der Waals surface area contributed by atoms with E-state index < -0.39 is 0 Å². The summed E-state index contributed by atoms with van der Waals surface area (Å²) in [5, 5.41) is 3.86. The van der Waals surface area contributed by atoms with Crippen molar-refractivity contribution in [2.24, 2.45) is 0 Å². The third-order valence-electron chi connectivity index (χ3n) is 4.02. The van der Waals surface area contributed by atoms with Crippen molar-refractivity contribution in [3.8, 4) is 0 Å². The van der Waals surface area contributed by atoms with E-state index in [4.69, 9.17) is 0 Å². The molecule has 0 bridgehead atoms. The maximum absolute atomic E-state index is 12.3. The van der Waals surface area contributed by atoms with Gasteiger partial charge in [-0.05, 0) is 42.0 Å². The number of para-hydroxylation sites is 1. The summed E-state index contributed by atoms with van der Waals surface area (Å²) in [4.78, 5) is 16.8. The number of nitrogens with zero attached hydrogens (tertiary/aromatic N) is 2. The van der Waals surface area contributed by atoms with Gasteiger partial charge in [0, 0.05) is 23.2 Å². The van der Waals surface area contributed by atoms with Crippen molar-refractivity contribution in [3.05, 3.63) is 96.3 Å². The summed E-state index contributed by atoms with van der Waals surface area (Å²) in [6, 6.07) is 23.2. The molecule has 26 heavy (non-hydrogen) atoms. The van der Waals surface area contributed by atoms with Crippen molar-refractivity contribution in [2.45, 2.75) is 10.9 Å². The van der Waals surface area contributed by atoms with Crippen molar-refractivity contribution >= 4 is 28.9 Å². The van der Waals surface area contributed by atoms with Gasteiger partial charge in [0.25, 0.3) is 5.91 Å². The number of pyridine rings is 1. The summed E-state index contributed by atoms with van der Waals surface area (Å²) < 4.78 is 2.08. The normalized spacial score (nSPS) is 10.8. The molecule has 0 aliphatic carbocycles. The Hall–Kier alpha value is -3.05. The molecular weight excluding hydrogens is 342 g/mol. The minimum atomic E-state index is -0.102. The first kappa shape index (κ1) is 16.4. The second-order valence-electron chi connectivity index (χ2n) is 5.84. The van der Waals surface area contributed by atoms with Gasteiger partial charge in [0.05, 0.1) is 11.7 Å². The van der Waals surface area contributed by atoms with Crippen LogP contribution in [0.25, 0.3) is 5.52 Å². The van der Waals surface area contributed by atoms with E-state index in [2.05, 4.69) is 14.7 Å². The molecule has 5 heteroatoms. The number of nitrogens with one attached hydrogen (secondary N) is 1. The number of carbonyl (C=O) groups is 1. The van der Waals surface area contributed by atoms with Crippen LogP contribution in [0.5, 0.6) is 0 Å². The molecule has 0 radical (unpaired) electrons. The summed E-state index contributed by atoms with van der Waals surface area (Å²) in [7, 11) is 0. The first-order chi connectivity index (χ1) is 12.8. The summed E-state index contributed by atoms with van der Waals surface area (Å²) in [6.45, 7) is 0. The molecule has 1 N–H and O–H groups in total. The number of hydrogen-bond acceptors (Lipinski definition) is 3. The van der Waals surface area contributed by atoms with Crippen molar-refractivity contribution < 1.29 is 4.79 Å². The summed E-state index contributed by atoms with van der Waals surface area (Å²) >= 11 is 1.68. The molecule has 4 nitrogen and oxygen atoms in total. The molecule has 0 atom stereocenters. The van der Waals surface area contributed by atoms with Gasteiger partial charge in [0.2, 0.25) is 0 Å². The van der Waals surface area contributed by atoms with Crippen LogP contribution in [0.15, 0.2) is 90.3 Å². The number of benzene rings is 2. The largest absolute Gasteiger partial charge is 0.322 e. The molecule has 128 valence electrons. The minimum Gasteiger partial charge on any atom is -0.322 e. The van der Waals surface area contributed by atoms with Crippen LogP contribution in [-0.4, -0.2) is 15.3 Å². The molecule has 0 spiro atoms. The minimum absolute atomic E-state index is 0.102. The van der Waals surface area contributed by atoms with Gasteiger partial charge in [0.15, 0.2) is 5.16 Å². The number of thioether (sulfide) groups is 1. The van der Waals surface area contributed by atoms with E-state index in [1.807, 2.05) is 85.2 Å². The number of carbonyl (C=O) groups excluding carboxylic acids is 1. The zero-order valence-corrected chi connectivity index (χ0v) is 14.8. The van der Waals surface area contributed by atoms with Crippen molar-refractivity contribution in [1.82, 2.24) is 9.38 Å². The SMILES string of the molecule is O=C(Nc1ccccc1)c1ccc(CSc2ncc3ccccn23)cc1. The van der Waals surface area contributed by atoms with E-state index in [-0.39, 0.29) is 5.91 Å². The Bertz CT molecular complexity index is 1030. The molecule has 4 rings (SSSR count). The van der Waals surface area contributed by atoms with Crippen LogP contribution in [0.4, 0.5) is 5.69 Å². The monoisotopic (exact) mass is 359 g/mol. The van der Waals surface area contributed by atoms with Gasteiger partial charge in [-0.1, -0.05) is 48.2 Å². The fourth-order valence-electron chi connectivity index (χ4n) is 2.65. The van der Waals surface area contributed by atoms with E-state index in [0.29, 0.717) is 5.56 Å². The van der Waals surface area contributed by atoms with Crippen LogP contribution in [0, 0.1) is 0 Å². The van der Waals surface area contributed by atoms with Gasteiger partial charge in [-0.2, -0.15) is 0 Å². The number of aromatic nitrogens is 2. The Labute approximate surface area is 155 Å². The lowest BCUT2D eigenvalue weighted by molar-refractivity contribution is 0.102. The highest BCUT2D eigenvalue weighted by atomic mass is 32.2. The topological polar surface area (TPSA) is 46.4 Å². The Morgan fingerprint density at radius 2 is 1.73 bits per heavy atom. The molecule has 2 aromatic carbocycles. The fraction of sp³-hybridized carbons (Fsp3) is 0.0476. The molecule has 0 unspecified atom stereocenters. The Morgan fingerprint density at radius 1 is 0.962 bits per heavy atom. The van der Waals surface area contributed by atoms with E-state index in [1.165, 1.54) is 0 Å². The molecule has 0 aliphatic heterocycles. The van der Waals surface area contributed by atoms with Gasteiger partial charge in [-0.15, -0.1) is 0 Å².